The van der Waals surface area contributed by atoms with E-state index in [1.54, 1.807) is 17.8 Å². The van der Waals surface area contributed by atoms with Gasteiger partial charge < -0.3 is 10.6 Å². The molecule has 0 aliphatic heterocycles. The second-order valence-electron chi connectivity index (χ2n) is 6.23. The fourth-order valence-electron chi connectivity index (χ4n) is 2.50. The van der Waals surface area contributed by atoms with E-state index in [1.165, 1.54) is 0 Å². The van der Waals surface area contributed by atoms with E-state index in [1.807, 2.05) is 69.5 Å². The molecule has 0 radical (unpaired) electrons. The summed E-state index contributed by atoms with van der Waals surface area (Å²) >= 11 is 1.61. The van der Waals surface area contributed by atoms with Crippen molar-refractivity contribution >= 4 is 29.3 Å². The highest BCUT2D eigenvalue weighted by molar-refractivity contribution is 7.98. The molecule has 5 heteroatoms. The highest BCUT2D eigenvalue weighted by atomic mass is 32.2. The Bertz CT molecular complexity index is 759. The summed E-state index contributed by atoms with van der Waals surface area (Å²) in [7, 11) is 0. The van der Waals surface area contributed by atoms with E-state index in [9.17, 15) is 9.59 Å². The molecule has 2 aromatic rings. The van der Waals surface area contributed by atoms with Gasteiger partial charge in [0, 0.05) is 16.1 Å². The van der Waals surface area contributed by atoms with Crippen LogP contribution in [0.5, 0.6) is 0 Å². The first kappa shape index (κ1) is 19.1. The third-order valence-corrected chi connectivity index (χ3v) is 4.69. The number of carbonyl (C=O) groups is 2. The summed E-state index contributed by atoms with van der Waals surface area (Å²) in [4.78, 5) is 26.3. The molecule has 0 spiro atoms. The summed E-state index contributed by atoms with van der Waals surface area (Å²) < 4.78 is 0. The van der Waals surface area contributed by atoms with Crippen molar-refractivity contribution in [2.45, 2.75) is 31.7 Å². The van der Waals surface area contributed by atoms with Crippen LogP contribution in [-0.2, 0) is 4.79 Å². The topological polar surface area (TPSA) is 58.2 Å². The zero-order chi connectivity index (χ0) is 18.4. The third kappa shape index (κ3) is 5.10. The second kappa shape index (κ2) is 8.72. The van der Waals surface area contributed by atoms with Crippen molar-refractivity contribution in [1.82, 2.24) is 5.32 Å². The predicted molar refractivity (Wildman–Crippen MR) is 104 cm³/mol. The molecule has 2 N–H and O–H groups in total. The summed E-state index contributed by atoms with van der Waals surface area (Å²) in [5, 5.41) is 5.77. The Morgan fingerprint density at radius 2 is 1.76 bits per heavy atom. The number of nitrogens with one attached hydrogen (secondary N) is 2. The number of anilines is 1. The van der Waals surface area contributed by atoms with Crippen molar-refractivity contribution in [3.8, 4) is 0 Å². The van der Waals surface area contributed by atoms with Crippen LogP contribution in [0.1, 0.15) is 29.8 Å². The molecule has 0 aliphatic rings. The van der Waals surface area contributed by atoms with Crippen LogP contribution in [-0.4, -0.2) is 24.1 Å². The lowest BCUT2D eigenvalue weighted by atomic mass is 10.0. The summed E-state index contributed by atoms with van der Waals surface area (Å²) in [5.41, 5.74) is 2.20. The average molecular weight is 356 g/mol. The van der Waals surface area contributed by atoms with Gasteiger partial charge in [-0.15, -0.1) is 11.8 Å². The number of hydrogen-bond donors (Lipinski definition) is 2. The van der Waals surface area contributed by atoms with Gasteiger partial charge in [0.2, 0.25) is 5.91 Å². The number of amides is 2. The van der Waals surface area contributed by atoms with Crippen LogP contribution >= 0.6 is 11.8 Å². The highest BCUT2D eigenvalue weighted by Gasteiger charge is 2.25. The average Bonchev–Trinajstić information content (AvgIpc) is 2.59. The van der Waals surface area contributed by atoms with Crippen LogP contribution in [0.15, 0.2) is 53.4 Å². The first-order chi connectivity index (χ1) is 11.9. The number of rotatable bonds is 6. The lowest BCUT2D eigenvalue weighted by Gasteiger charge is -2.22. The van der Waals surface area contributed by atoms with Gasteiger partial charge in [-0.05, 0) is 48.9 Å². The zero-order valence-electron chi connectivity index (χ0n) is 15.0. The SMILES string of the molecule is CSc1cccc(NC(=O)[C@@H](NC(=O)c2ccccc2C)C(C)C)c1. The van der Waals surface area contributed by atoms with Gasteiger partial charge in [-0.2, -0.15) is 0 Å². The molecule has 0 saturated carbocycles. The predicted octanol–water partition coefficient (Wildman–Crippen LogP) is 4.11. The molecule has 132 valence electrons. The zero-order valence-corrected chi connectivity index (χ0v) is 15.8. The fraction of sp³-hybridized carbons (Fsp3) is 0.300. The van der Waals surface area contributed by atoms with Gasteiger partial charge in [0.1, 0.15) is 6.04 Å². The minimum absolute atomic E-state index is 0.0308. The number of carbonyl (C=O) groups excluding carboxylic acids is 2. The van der Waals surface area contributed by atoms with Crippen LogP contribution in [0.25, 0.3) is 0 Å². The quantitative estimate of drug-likeness (QED) is 0.766. The standard InChI is InChI=1S/C20H24N2O2S/c1-13(2)18(22-19(23)17-11-6-5-8-14(17)3)20(24)21-15-9-7-10-16(12-15)25-4/h5-13,18H,1-4H3,(H,21,24)(H,22,23)/t18-/m0/s1. The Balaban J connectivity index is 2.13. The summed E-state index contributed by atoms with van der Waals surface area (Å²) in [6, 6.07) is 14.4. The molecule has 4 nitrogen and oxygen atoms in total. The summed E-state index contributed by atoms with van der Waals surface area (Å²) in [6.07, 6.45) is 1.99. The lowest BCUT2D eigenvalue weighted by molar-refractivity contribution is -0.118. The van der Waals surface area contributed by atoms with Crippen molar-refractivity contribution in [1.29, 1.82) is 0 Å². The molecule has 0 aliphatic carbocycles. The molecule has 0 bridgehead atoms. The highest BCUT2D eigenvalue weighted by Crippen LogP contribution is 2.19. The fourth-order valence-corrected chi connectivity index (χ4v) is 2.96. The first-order valence-corrected chi connectivity index (χ1v) is 9.46. The maximum atomic E-state index is 12.7. The Labute approximate surface area is 153 Å². The third-order valence-electron chi connectivity index (χ3n) is 3.96. The van der Waals surface area contributed by atoms with Gasteiger partial charge in [0.05, 0.1) is 0 Å². The summed E-state index contributed by atoms with van der Waals surface area (Å²) in [5.74, 6) is -0.475. The van der Waals surface area contributed by atoms with Crippen LogP contribution in [0.3, 0.4) is 0 Å². The molecule has 2 amide bonds. The minimum atomic E-state index is -0.606. The monoisotopic (exact) mass is 356 g/mol. The van der Waals surface area contributed by atoms with Gasteiger partial charge in [-0.3, -0.25) is 9.59 Å². The number of hydrogen-bond acceptors (Lipinski definition) is 3. The van der Waals surface area contributed by atoms with E-state index in [0.29, 0.717) is 5.56 Å². The Morgan fingerprint density at radius 1 is 1.04 bits per heavy atom. The maximum absolute atomic E-state index is 12.7. The number of benzene rings is 2. The second-order valence-corrected chi connectivity index (χ2v) is 7.11. The van der Waals surface area contributed by atoms with Gasteiger partial charge in [0.25, 0.3) is 5.91 Å². The molecule has 0 unspecified atom stereocenters. The van der Waals surface area contributed by atoms with Gasteiger partial charge in [-0.25, -0.2) is 0 Å². The van der Waals surface area contributed by atoms with Crippen LogP contribution in [0, 0.1) is 12.8 Å². The first-order valence-electron chi connectivity index (χ1n) is 8.23. The van der Waals surface area contributed by atoms with Crippen LogP contribution < -0.4 is 10.6 Å². The van der Waals surface area contributed by atoms with E-state index in [4.69, 9.17) is 0 Å². The van der Waals surface area contributed by atoms with Crippen molar-refractivity contribution in [2.24, 2.45) is 5.92 Å². The number of thioether (sulfide) groups is 1. The van der Waals surface area contributed by atoms with Crippen LogP contribution in [0.4, 0.5) is 5.69 Å². The minimum Gasteiger partial charge on any atom is -0.340 e. The molecule has 0 saturated heterocycles. The largest absolute Gasteiger partial charge is 0.340 e. The number of aryl methyl sites for hydroxylation is 1. The molecule has 0 heterocycles. The molecule has 2 rings (SSSR count). The normalized spacial score (nSPS) is 11.9. The van der Waals surface area contributed by atoms with E-state index >= 15 is 0 Å². The van der Waals surface area contributed by atoms with Crippen LogP contribution in [0.2, 0.25) is 0 Å². The molecular weight excluding hydrogens is 332 g/mol. The van der Waals surface area contributed by atoms with Crippen molar-refractivity contribution in [3.63, 3.8) is 0 Å². The van der Waals surface area contributed by atoms with Crippen molar-refractivity contribution < 1.29 is 9.59 Å². The Morgan fingerprint density at radius 3 is 2.40 bits per heavy atom. The molecule has 0 aromatic heterocycles. The van der Waals surface area contributed by atoms with E-state index in [2.05, 4.69) is 10.6 Å². The lowest BCUT2D eigenvalue weighted by Crippen LogP contribution is -2.47. The molecule has 0 fully saturated rings. The molecular formula is C20H24N2O2S. The van der Waals surface area contributed by atoms with Crippen molar-refractivity contribution in [2.75, 3.05) is 11.6 Å². The van der Waals surface area contributed by atoms with E-state index in [0.717, 1.165) is 16.1 Å². The van der Waals surface area contributed by atoms with Gasteiger partial charge in [0.15, 0.2) is 0 Å². The smallest absolute Gasteiger partial charge is 0.252 e. The van der Waals surface area contributed by atoms with Gasteiger partial charge in [-0.1, -0.05) is 38.1 Å². The maximum Gasteiger partial charge on any atom is 0.252 e. The van der Waals surface area contributed by atoms with Crippen molar-refractivity contribution in [3.05, 3.63) is 59.7 Å². The molecule has 25 heavy (non-hydrogen) atoms. The van der Waals surface area contributed by atoms with Gasteiger partial charge >= 0.3 is 0 Å². The molecule has 1 atom stereocenters. The Kier molecular flexibility index (Phi) is 6.65. The summed E-state index contributed by atoms with van der Waals surface area (Å²) in [6.45, 7) is 5.72. The van der Waals surface area contributed by atoms with E-state index < -0.39 is 6.04 Å². The Hall–Kier alpha value is -2.27. The van der Waals surface area contributed by atoms with E-state index in [-0.39, 0.29) is 17.7 Å². The molecule has 2 aromatic carbocycles.